The molecule has 6 heteroatoms. The highest BCUT2D eigenvalue weighted by atomic mass is 19.4. The summed E-state index contributed by atoms with van der Waals surface area (Å²) in [6.07, 6.45) is -2.26. The van der Waals surface area contributed by atoms with Gasteiger partial charge in [0.15, 0.2) is 0 Å². The summed E-state index contributed by atoms with van der Waals surface area (Å²) in [4.78, 5) is 2.23. The van der Waals surface area contributed by atoms with Crippen LogP contribution < -0.4 is 5.32 Å². The summed E-state index contributed by atoms with van der Waals surface area (Å²) in [6, 6.07) is 4.28. The van der Waals surface area contributed by atoms with Gasteiger partial charge in [-0.05, 0) is 35.9 Å². The summed E-state index contributed by atoms with van der Waals surface area (Å²) in [5.74, 6) is 0. The number of aromatic nitrogens is 1. The van der Waals surface area contributed by atoms with Crippen molar-refractivity contribution in [2.75, 3.05) is 13.6 Å². The fraction of sp³-hybridized carbons (Fsp3) is 0.467. The van der Waals surface area contributed by atoms with Crippen molar-refractivity contribution >= 4 is 10.9 Å². The molecule has 2 aromatic rings. The first-order chi connectivity index (χ1) is 9.83. The first kappa shape index (κ1) is 14.4. The summed E-state index contributed by atoms with van der Waals surface area (Å²) >= 11 is 0. The zero-order chi connectivity index (χ0) is 15.2. The number of hydrogen-bond donors (Lipinski definition) is 1. The number of halogens is 3. The third-order valence-corrected chi connectivity index (χ3v) is 3.91. The van der Waals surface area contributed by atoms with Gasteiger partial charge < -0.3 is 9.88 Å². The molecule has 0 spiro atoms. The molecule has 1 N–H and O–H groups in total. The van der Waals surface area contributed by atoms with Crippen LogP contribution in [0.25, 0.3) is 10.9 Å². The Morgan fingerprint density at radius 3 is 2.48 bits per heavy atom. The lowest BCUT2D eigenvalue weighted by molar-refractivity contribution is -0.125. The smallest absolute Gasteiger partial charge is 0.350 e. The standard InChI is InChI=1S/C15H18F3N3/c1-20-6-10-3-13-12(5-19-9-15(16,17)18)8-21(2)14(13)4-11(10)7-20/h3-4,8,19H,5-7,9H2,1-2H3. The number of benzene rings is 1. The number of alkyl halides is 3. The summed E-state index contributed by atoms with van der Waals surface area (Å²) in [6.45, 7) is 1.09. The zero-order valence-electron chi connectivity index (χ0n) is 12.1. The van der Waals surface area contributed by atoms with E-state index in [0.717, 1.165) is 29.6 Å². The molecule has 0 fully saturated rings. The van der Waals surface area contributed by atoms with Crippen LogP contribution in [0.2, 0.25) is 0 Å². The van der Waals surface area contributed by atoms with Crippen LogP contribution in [0.3, 0.4) is 0 Å². The van der Waals surface area contributed by atoms with Gasteiger partial charge in [0.05, 0.1) is 6.54 Å². The van der Waals surface area contributed by atoms with Crippen molar-refractivity contribution in [2.24, 2.45) is 7.05 Å². The Morgan fingerprint density at radius 1 is 1.14 bits per heavy atom. The van der Waals surface area contributed by atoms with Gasteiger partial charge in [0.25, 0.3) is 0 Å². The van der Waals surface area contributed by atoms with Crippen molar-refractivity contribution < 1.29 is 13.2 Å². The molecule has 1 aromatic carbocycles. The van der Waals surface area contributed by atoms with Crippen LogP contribution in [0.1, 0.15) is 16.7 Å². The van der Waals surface area contributed by atoms with E-state index >= 15 is 0 Å². The topological polar surface area (TPSA) is 20.2 Å². The quantitative estimate of drug-likeness (QED) is 0.940. The Labute approximate surface area is 121 Å². The van der Waals surface area contributed by atoms with E-state index in [4.69, 9.17) is 0 Å². The second-order valence-electron chi connectivity index (χ2n) is 5.79. The van der Waals surface area contributed by atoms with E-state index in [1.165, 1.54) is 11.1 Å². The number of nitrogens with zero attached hydrogens (tertiary/aromatic N) is 2. The Bertz CT molecular complexity index is 673. The van der Waals surface area contributed by atoms with Crippen LogP contribution in [-0.4, -0.2) is 29.2 Å². The van der Waals surface area contributed by atoms with Crippen LogP contribution in [0.4, 0.5) is 13.2 Å². The minimum absolute atomic E-state index is 0.228. The second kappa shape index (κ2) is 5.03. The number of nitrogens with one attached hydrogen (secondary N) is 1. The molecule has 114 valence electrons. The average Bonchev–Trinajstić information content (AvgIpc) is 2.86. The van der Waals surface area contributed by atoms with Gasteiger partial charge in [-0.1, -0.05) is 0 Å². The minimum Gasteiger partial charge on any atom is -0.350 e. The van der Waals surface area contributed by atoms with E-state index in [1.54, 1.807) is 0 Å². The normalized spacial score (nSPS) is 15.9. The molecule has 3 rings (SSSR count). The highest BCUT2D eigenvalue weighted by Crippen LogP contribution is 2.29. The van der Waals surface area contributed by atoms with E-state index in [-0.39, 0.29) is 6.54 Å². The molecule has 1 aliphatic rings. The van der Waals surface area contributed by atoms with Crippen LogP contribution in [-0.2, 0) is 26.7 Å². The molecule has 0 bridgehead atoms. The van der Waals surface area contributed by atoms with Gasteiger partial charge >= 0.3 is 6.18 Å². The van der Waals surface area contributed by atoms with Gasteiger partial charge in [0, 0.05) is 43.8 Å². The molecule has 3 nitrogen and oxygen atoms in total. The summed E-state index contributed by atoms with van der Waals surface area (Å²) in [5.41, 5.74) is 4.57. The van der Waals surface area contributed by atoms with E-state index < -0.39 is 12.7 Å². The summed E-state index contributed by atoms with van der Waals surface area (Å²) in [7, 11) is 4.00. The van der Waals surface area contributed by atoms with E-state index in [1.807, 2.05) is 17.8 Å². The second-order valence-corrected chi connectivity index (χ2v) is 5.79. The summed E-state index contributed by atoms with van der Waals surface area (Å²) in [5, 5.41) is 3.52. The monoisotopic (exact) mass is 297 g/mol. The third kappa shape index (κ3) is 2.91. The van der Waals surface area contributed by atoms with E-state index in [2.05, 4.69) is 29.4 Å². The molecule has 0 aliphatic carbocycles. The Kier molecular flexibility index (Phi) is 3.45. The molecular weight excluding hydrogens is 279 g/mol. The average molecular weight is 297 g/mol. The predicted molar refractivity (Wildman–Crippen MR) is 75.9 cm³/mol. The fourth-order valence-electron chi connectivity index (χ4n) is 3.01. The van der Waals surface area contributed by atoms with Gasteiger partial charge in [-0.25, -0.2) is 0 Å². The lowest BCUT2D eigenvalue weighted by atomic mass is 10.1. The number of hydrogen-bond acceptors (Lipinski definition) is 2. The maximum absolute atomic E-state index is 12.2. The minimum atomic E-state index is -4.17. The van der Waals surface area contributed by atoms with Crippen molar-refractivity contribution in [3.8, 4) is 0 Å². The molecule has 0 atom stereocenters. The maximum atomic E-state index is 12.2. The molecule has 0 radical (unpaired) electrons. The van der Waals surface area contributed by atoms with Crippen molar-refractivity contribution in [3.63, 3.8) is 0 Å². The van der Waals surface area contributed by atoms with Gasteiger partial charge in [-0.2, -0.15) is 13.2 Å². The van der Waals surface area contributed by atoms with Crippen LogP contribution in [0.15, 0.2) is 18.3 Å². The largest absolute Gasteiger partial charge is 0.401 e. The lowest BCUT2D eigenvalue weighted by Gasteiger charge is -2.07. The zero-order valence-corrected chi connectivity index (χ0v) is 12.1. The first-order valence-electron chi connectivity index (χ1n) is 6.89. The van der Waals surface area contributed by atoms with Gasteiger partial charge in [-0.15, -0.1) is 0 Å². The maximum Gasteiger partial charge on any atom is 0.401 e. The van der Waals surface area contributed by atoms with Gasteiger partial charge in [0.2, 0.25) is 0 Å². The number of fused-ring (bicyclic) bond motifs is 2. The van der Waals surface area contributed by atoms with Crippen molar-refractivity contribution in [1.82, 2.24) is 14.8 Å². The molecule has 2 heterocycles. The number of rotatable bonds is 3. The van der Waals surface area contributed by atoms with Crippen LogP contribution in [0, 0.1) is 0 Å². The Balaban J connectivity index is 1.88. The van der Waals surface area contributed by atoms with Crippen molar-refractivity contribution in [3.05, 3.63) is 35.0 Å². The number of aryl methyl sites for hydroxylation is 1. The molecule has 1 aromatic heterocycles. The van der Waals surface area contributed by atoms with Gasteiger partial charge in [-0.3, -0.25) is 4.90 Å². The fourth-order valence-corrected chi connectivity index (χ4v) is 3.01. The van der Waals surface area contributed by atoms with Crippen LogP contribution >= 0.6 is 0 Å². The van der Waals surface area contributed by atoms with E-state index in [0.29, 0.717) is 0 Å². The van der Waals surface area contributed by atoms with Crippen molar-refractivity contribution in [2.45, 2.75) is 25.8 Å². The SMILES string of the molecule is CN1Cc2cc3c(CNCC(F)(F)F)cn(C)c3cc2C1. The van der Waals surface area contributed by atoms with Gasteiger partial charge in [0.1, 0.15) is 0 Å². The molecule has 0 amide bonds. The molecule has 0 saturated carbocycles. The Hall–Kier alpha value is -1.53. The van der Waals surface area contributed by atoms with Crippen molar-refractivity contribution in [1.29, 1.82) is 0 Å². The molecule has 21 heavy (non-hydrogen) atoms. The molecule has 0 saturated heterocycles. The predicted octanol–water partition coefficient (Wildman–Crippen LogP) is 2.78. The Morgan fingerprint density at radius 2 is 1.81 bits per heavy atom. The lowest BCUT2D eigenvalue weighted by Crippen LogP contribution is -2.28. The highest BCUT2D eigenvalue weighted by molar-refractivity contribution is 5.85. The summed E-state index contributed by atoms with van der Waals surface area (Å²) < 4.78 is 38.7. The van der Waals surface area contributed by atoms with E-state index in [9.17, 15) is 13.2 Å². The molecular formula is C15H18F3N3. The molecule has 1 aliphatic heterocycles. The van der Waals surface area contributed by atoms with Crippen LogP contribution in [0.5, 0.6) is 0 Å². The molecule has 0 unspecified atom stereocenters. The first-order valence-corrected chi connectivity index (χ1v) is 6.89. The third-order valence-electron chi connectivity index (χ3n) is 3.91. The highest BCUT2D eigenvalue weighted by Gasteiger charge is 2.26.